The number of aryl methyl sites for hydroxylation is 1. The quantitative estimate of drug-likeness (QED) is 0.710. The molecular weight excluding hydrogens is 234 g/mol. The fourth-order valence-corrected chi connectivity index (χ4v) is 2.25. The van der Waals surface area contributed by atoms with Crippen molar-refractivity contribution >= 4 is 5.97 Å². The number of carbonyl (C=O) groups excluding carboxylic acids is 1. The molecule has 0 amide bonds. The number of nitrogens with zero attached hydrogens (tertiary/aromatic N) is 5. The average molecular weight is 253 g/mol. The lowest BCUT2D eigenvalue weighted by molar-refractivity contribution is -0.151. The van der Waals surface area contributed by atoms with Gasteiger partial charge in [-0.3, -0.25) is 9.69 Å². The van der Waals surface area contributed by atoms with Gasteiger partial charge in [0.1, 0.15) is 6.04 Å². The van der Waals surface area contributed by atoms with E-state index in [-0.39, 0.29) is 12.0 Å². The predicted molar refractivity (Wildman–Crippen MR) is 63.5 cm³/mol. The van der Waals surface area contributed by atoms with Crippen LogP contribution in [0, 0.1) is 0 Å². The summed E-state index contributed by atoms with van der Waals surface area (Å²) in [6.07, 6.45) is 3.00. The normalized spacial score (nSPS) is 20.9. The zero-order valence-electron chi connectivity index (χ0n) is 10.9. The molecule has 0 N–H and O–H groups in total. The van der Waals surface area contributed by atoms with E-state index in [2.05, 4.69) is 20.3 Å². The van der Waals surface area contributed by atoms with Crippen LogP contribution in [0.3, 0.4) is 0 Å². The van der Waals surface area contributed by atoms with E-state index in [0.29, 0.717) is 19.0 Å². The van der Waals surface area contributed by atoms with Crippen molar-refractivity contribution in [3.8, 4) is 0 Å². The Morgan fingerprint density at radius 2 is 2.33 bits per heavy atom. The van der Waals surface area contributed by atoms with Crippen LogP contribution in [0.5, 0.6) is 0 Å². The largest absolute Gasteiger partial charge is 0.465 e. The Labute approximate surface area is 106 Å². The maximum atomic E-state index is 11.9. The number of ether oxygens (including phenoxy) is 1. The average Bonchev–Trinajstić information content (AvgIpc) is 2.76. The van der Waals surface area contributed by atoms with Crippen molar-refractivity contribution in [2.45, 2.75) is 38.8 Å². The molecule has 1 aliphatic heterocycles. The number of rotatable bonds is 4. The van der Waals surface area contributed by atoms with Crippen molar-refractivity contribution in [1.82, 2.24) is 25.1 Å². The third-order valence-corrected chi connectivity index (χ3v) is 3.07. The number of piperidine rings is 1. The van der Waals surface area contributed by atoms with Crippen LogP contribution in [-0.4, -0.2) is 50.3 Å². The molecule has 1 fully saturated rings. The van der Waals surface area contributed by atoms with Crippen LogP contribution < -0.4 is 0 Å². The minimum atomic E-state index is -0.164. The molecule has 1 aromatic rings. The first-order valence-corrected chi connectivity index (χ1v) is 6.34. The lowest BCUT2D eigenvalue weighted by atomic mass is 10.0. The number of hydrogen-bond acceptors (Lipinski definition) is 6. The van der Waals surface area contributed by atoms with Crippen molar-refractivity contribution in [2.24, 2.45) is 7.05 Å². The molecule has 0 bridgehead atoms. The van der Waals surface area contributed by atoms with Gasteiger partial charge in [0.15, 0.2) is 5.82 Å². The van der Waals surface area contributed by atoms with Gasteiger partial charge in [0.25, 0.3) is 0 Å². The highest BCUT2D eigenvalue weighted by Crippen LogP contribution is 2.19. The number of aromatic nitrogens is 4. The van der Waals surface area contributed by atoms with E-state index in [1.165, 1.54) is 4.80 Å². The molecule has 0 spiro atoms. The maximum absolute atomic E-state index is 11.9. The number of carbonyl (C=O) groups is 1. The van der Waals surface area contributed by atoms with E-state index in [0.717, 1.165) is 25.8 Å². The Balaban J connectivity index is 2.01. The van der Waals surface area contributed by atoms with Crippen LogP contribution in [0.15, 0.2) is 0 Å². The second kappa shape index (κ2) is 5.90. The third-order valence-electron chi connectivity index (χ3n) is 3.07. The lowest BCUT2D eigenvalue weighted by Crippen LogP contribution is -2.45. The first kappa shape index (κ1) is 12.9. The van der Waals surface area contributed by atoms with Crippen molar-refractivity contribution in [2.75, 3.05) is 13.2 Å². The molecule has 1 aromatic heterocycles. The van der Waals surface area contributed by atoms with Crippen molar-refractivity contribution in [1.29, 1.82) is 0 Å². The molecule has 0 saturated carbocycles. The van der Waals surface area contributed by atoms with E-state index in [1.54, 1.807) is 7.05 Å². The molecule has 2 rings (SSSR count). The molecule has 0 radical (unpaired) electrons. The Hall–Kier alpha value is -1.50. The van der Waals surface area contributed by atoms with E-state index in [4.69, 9.17) is 4.74 Å². The van der Waals surface area contributed by atoms with Gasteiger partial charge in [0.2, 0.25) is 0 Å². The van der Waals surface area contributed by atoms with Gasteiger partial charge in [0, 0.05) is 0 Å². The zero-order valence-corrected chi connectivity index (χ0v) is 10.9. The number of hydrogen-bond donors (Lipinski definition) is 0. The number of likely N-dealkylation sites (tertiary alicyclic amines) is 1. The standard InChI is InChI=1S/C11H19N5O2/c1-3-18-11(17)9-6-4-5-7-16(9)8-10-12-14-15(2)13-10/h9H,3-8H2,1-2H3. The first-order valence-electron chi connectivity index (χ1n) is 6.34. The van der Waals surface area contributed by atoms with Crippen LogP contribution in [0.25, 0.3) is 0 Å². The van der Waals surface area contributed by atoms with Gasteiger partial charge in [-0.2, -0.15) is 4.80 Å². The van der Waals surface area contributed by atoms with Gasteiger partial charge >= 0.3 is 5.97 Å². The van der Waals surface area contributed by atoms with Crippen molar-refractivity contribution in [3.63, 3.8) is 0 Å². The Kier molecular flexibility index (Phi) is 4.24. The minimum Gasteiger partial charge on any atom is -0.465 e. The topological polar surface area (TPSA) is 73.1 Å². The maximum Gasteiger partial charge on any atom is 0.323 e. The summed E-state index contributed by atoms with van der Waals surface area (Å²) in [4.78, 5) is 15.4. The fourth-order valence-electron chi connectivity index (χ4n) is 2.25. The second-order valence-corrected chi connectivity index (χ2v) is 4.43. The Morgan fingerprint density at radius 1 is 1.50 bits per heavy atom. The molecule has 1 atom stereocenters. The SMILES string of the molecule is CCOC(=O)C1CCCCN1Cc1nnn(C)n1. The zero-order chi connectivity index (χ0) is 13.0. The van der Waals surface area contributed by atoms with Gasteiger partial charge < -0.3 is 4.74 Å². The summed E-state index contributed by atoms with van der Waals surface area (Å²) in [5.41, 5.74) is 0. The van der Waals surface area contributed by atoms with Crippen LogP contribution in [0.2, 0.25) is 0 Å². The molecule has 7 nitrogen and oxygen atoms in total. The molecule has 1 unspecified atom stereocenters. The van der Waals surface area contributed by atoms with E-state index in [9.17, 15) is 4.79 Å². The number of esters is 1. The first-order chi connectivity index (χ1) is 8.70. The molecule has 1 saturated heterocycles. The summed E-state index contributed by atoms with van der Waals surface area (Å²) in [5, 5.41) is 11.9. The van der Waals surface area contributed by atoms with Gasteiger partial charge in [-0.05, 0) is 31.5 Å². The van der Waals surface area contributed by atoms with E-state index < -0.39 is 0 Å². The predicted octanol–water partition coefficient (Wildman–Crippen LogP) is 0.128. The molecule has 0 aromatic carbocycles. The fraction of sp³-hybridized carbons (Fsp3) is 0.818. The lowest BCUT2D eigenvalue weighted by Gasteiger charge is -2.32. The highest BCUT2D eigenvalue weighted by Gasteiger charge is 2.30. The summed E-state index contributed by atoms with van der Waals surface area (Å²) in [7, 11) is 1.73. The van der Waals surface area contributed by atoms with Gasteiger partial charge in [-0.15, -0.1) is 10.2 Å². The molecule has 100 valence electrons. The third kappa shape index (κ3) is 3.04. The monoisotopic (exact) mass is 253 g/mol. The molecule has 7 heteroatoms. The van der Waals surface area contributed by atoms with Crippen molar-refractivity contribution < 1.29 is 9.53 Å². The van der Waals surface area contributed by atoms with E-state index in [1.807, 2.05) is 6.92 Å². The highest BCUT2D eigenvalue weighted by molar-refractivity contribution is 5.75. The molecule has 1 aliphatic rings. The van der Waals surface area contributed by atoms with Crippen LogP contribution in [-0.2, 0) is 23.1 Å². The number of tetrazole rings is 1. The summed E-state index contributed by atoms with van der Waals surface area (Å²) in [6, 6.07) is -0.164. The van der Waals surface area contributed by atoms with Gasteiger partial charge in [-0.1, -0.05) is 6.42 Å². The Morgan fingerprint density at radius 3 is 3.00 bits per heavy atom. The van der Waals surface area contributed by atoms with Gasteiger partial charge in [0.05, 0.1) is 20.2 Å². The smallest absolute Gasteiger partial charge is 0.323 e. The van der Waals surface area contributed by atoms with E-state index >= 15 is 0 Å². The van der Waals surface area contributed by atoms with Crippen LogP contribution in [0.4, 0.5) is 0 Å². The minimum absolute atomic E-state index is 0.138. The van der Waals surface area contributed by atoms with Gasteiger partial charge in [-0.25, -0.2) is 0 Å². The summed E-state index contributed by atoms with van der Waals surface area (Å²) in [5.74, 6) is 0.509. The summed E-state index contributed by atoms with van der Waals surface area (Å²) < 4.78 is 5.11. The Bertz CT molecular complexity index is 406. The molecular formula is C11H19N5O2. The van der Waals surface area contributed by atoms with Crippen LogP contribution in [0.1, 0.15) is 32.0 Å². The van der Waals surface area contributed by atoms with Crippen LogP contribution >= 0.6 is 0 Å². The molecule has 2 heterocycles. The second-order valence-electron chi connectivity index (χ2n) is 4.43. The summed E-state index contributed by atoms with van der Waals surface area (Å²) >= 11 is 0. The summed E-state index contributed by atoms with van der Waals surface area (Å²) in [6.45, 7) is 3.68. The molecule has 18 heavy (non-hydrogen) atoms. The van der Waals surface area contributed by atoms with Crippen molar-refractivity contribution in [3.05, 3.63) is 5.82 Å². The highest BCUT2D eigenvalue weighted by atomic mass is 16.5. The molecule has 0 aliphatic carbocycles.